The average Bonchev–Trinajstić information content (AvgIpc) is 2.97. The van der Waals surface area contributed by atoms with Crippen molar-refractivity contribution in [2.45, 2.75) is 25.4 Å². The van der Waals surface area contributed by atoms with E-state index in [1.54, 1.807) is 0 Å². The fourth-order valence-electron chi connectivity index (χ4n) is 2.95. The molecule has 0 bridgehead atoms. The lowest BCUT2D eigenvalue weighted by atomic mass is 10.0. The van der Waals surface area contributed by atoms with Crippen LogP contribution in [0.5, 0.6) is 0 Å². The lowest BCUT2D eigenvalue weighted by molar-refractivity contribution is 0.714. The largest absolute Gasteiger partial charge is 0.364 e. The van der Waals surface area contributed by atoms with Crippen molar-refractivity contribution in [3.05, 3.63) is 59.9 Å². The van der Waals surface area contributed by atoms with Gasteiger partial charge in [-0.2, -0.15) is 0 Å². The van der Waals surface area contributed by atoms with Gasteiger partial charge in [-0.25, -0.2) is 0 Å². The van der Waals surface area contributed by atoms with Crippen LogP contribution in [0.25, 0.3) is 0 Å². The first-order valence-corrected chi connectivity index (χ1v) is 6.84. The minimum absolute atomic E-state index is 0.454. The van der Waals surface area contributed by atoms with Gasteiger partial charge in [0.05, 0.1) is 6.04 Å². The highest BCUT2D eigenvalue weighted by molar-refractivity contribution is 5.56. The monoisotopic (exact) mass is 253 g/mol. The second-order valence-corrected chi connectivity index (χ2v) is 4.96. The first-order valence-electron chi connectivity index (χ1n) is 6.84. The summed E-state index contributed by atoms with van der Waals surface area (Å²) in [5.41, 5.74) is 9.72. The fraction of sp³-hybridized carbons (Fsp3) is 0.312. The van der Waals surface area contributed by atoms with E-state index in [-0.39, 0.29) is 0 Å². The molecule has 2 aromatic rings. The van der Waals surface area contributed by atoms with Crippen LogP contribution >= 0.6 is 0 Å². The van der Waals surface area contributed by atoms with E-state index in [0.717, 1.165) is 6.54 Å². The van der Waals surface area contributed by atoms with Gasteiger partial charge >= 0.3 is 0 Å². The molecule has 3 nitrogen and oxygen atoms in total. The van der Waals surface area contributed by atoms with Crippen molar-refractivity contribution < 1.29 is 0 Å². The average molecular weight is 253 g/mol. The number of nitrogens with two attached hydrogens (primary N) is 1. The Morgan fingerprint density at radius 2 is 1.95 bits per heavy atom. The molecule has 1 unspecified atom stereocenters. The number of pyridine rings is 1. The van der Waals surface area contributed by atoms with E-state index in [0.29, 0.717) is 12.6 Å². The number of rotatable bonds is 3. The van der Waals surface area contributed by atoms with Gasteiger partial charge in [0.15, 0.2) is 0 Å². The molecule has 3 rings (SSSR count). The number of benzene rings is 1. The van der Waals surface area contributed by atoms with Gasteiger partial charge in [0, 0.05) is 31.2 Å². The van der Waals surface area contributed by atoms with E-state index in [1.165, 1.54) is 29.7 Å². The molecule has 2 heterocycles. The van der Waals surface area contributed by atoms with Crippen LogP contribution in [-0.2, 0) is 6.54 Å². The topological polar surface area (TPSA) is 42.1 Å². The number of para-hydroxylation sites is 1. The van der Waals surface area contributed by atoms with Crippen LogP contribution in [0, 0.1) is 0 Å². The summed E-state index contributed by atoms with van der Waals surface area (Å²) in [5.74, 6) is 0. The summed E-state index contributed by atoms with van der Waals surface area (Å²) in [6, 6.07) is 13.1. The number of nitrogens with zero attached hydrogens (tertiary/aromatic N) is 2. The lowest BCUT2D eigenvalue weighted by Crippen LogP contribution is -2.24. The molecule has 1 aliphatic heterocycles. The van der Waals surface area contributed by atoms with E-state index in [1.807, 2.05) is 12.4 Å². The maximum atomic E-state index is 5.87. The Hall–Kier alpha value is -1.87. The first kappa shape index (κ1) is 12.2. The van der Waals surface area contributed by atoms with Crippen molar-refractivity contribution in [2.24, 2.45) is 5.73 Å². The van der Waals surface area contributed by atoms with Crippen molar-refractivity contribution in [1.82, 2.24) is 4.98 Å². The van der Waals surface area contributed by atoms with Crippen molar-refractivity contribution in [3.63, 3.8) is 0 Å². The summed E-state index contributed by atoms with van der Waals surface area (Å²) in [6.45, 7) is 1.69. The zero-order valence-corrected chi connectivity index (χ0v) is 11.0. The number of aromatic nitrogens is 1. The highest BCUT2D eigenvalue weighted by Gasteiger charge is 2.27. The first-order chi connectivity index (χ1) is 9.40. The highest BCUT2D eigenvalue weighted by atomic mass is 15.2. The minimum atomic E-state index is 0.454. The maximum Gasteiger partial charge on any atom is 0.0544 e. The molecule has 0 aliphatic carbocycles. The number of hydrogen-bond donors (Lipinski definition) is 1. The van der Waals surface area contributed by atoms with Crippen molar-refractivity contribution in [3.8, 4) is 0 Å². The predicted octanol–water partition coefficient (Wildman–Crippen LogP) is 2.88. The Kier molecular flexibility index (Phi) is 3.47. The van der Waals surface area contributed by atoms with Crippen LogP contribution in [0.3, 0.4) is 0 Å². The third kappa shape index (κ3) is 2.34. The molecule has 0 amide bonds. The molecule has 1 saturated heterocycles. The summed E-state index contributed by atoms with van der Waals surface area (Å²) in [4.78, 5) is 6.59. The van der Waals surface area contributed by atoms with E-state index in [4.69, 9.17) is 5.73 Å². The molecule has 1 aliphatic rings. The summed E-state index contributed by atoms with van der Waals surface area (Å²) >= 11 is 0. The third-order valence-corrected chi connectivity index (χ3v) is 3.86. The summed E-state index contributed by atoms with van der Waals surface area (Å²) in [7, 11) is 0. The molecule has 0 radical (unpaired) electrons. The zero-order chi connectivity index (χ0) is 13.1. The van der Waals surface area contributed by atoms with E-state index in [9.17, 15) is 0 Å². The molecule has 1 aromatic heterocycles. The summed E-state index contributed by atoms with van der Waals surface area (Å²) in [6.07, 6.45) is 6.18. The highest BCUT2D eigenvalue weighted by Crippen LogP contribution is 2.37. The Labute approximate surface area is 114 Å². The second kappa shape index (κ2) is 5.41. The predicted molar refractivity (Wildman–Crippen MR) is 77.9 cm³/mol. The van der Waals surface area contributed by atoms with Crippen LogP contribution < -0.4 is 10.6 Å². The Morgan fingerprint density at radius 3 is 2.74 bits per heavy atom. The molecule has 98 valence electrons. The molecule has 19 heavy (non-hydrogen) atoms. The van der Waals surface area contributed by atoms with E-state index >= 15 is 0 Å². The molecule has 0 saturated carbocycles. The standard InChI is InChI=1S/C16H19N3/c17-12-14-4-1-2-5-16(14)19-11-3-6-15(19)13-7-9-18-10-8-13/h1-2,4-5,7-10,15H,3,6,11-12,17H2. The molecule has 1 atom stereocenters. The van der Waals surface area contributed by atoms with Crippen LogP contribution in [0.15, 0.2) is 48.8 Å². The van der Waals surface area contributed by atoms with Gasteiger partial charge in [-0.05, 0) is 42.2 Å². The van der Waals surface area contributed by atoms with Crippen LogP contribution in [0.4, 0.5) is 5.69 Å². The molecular formula is C16H19N3. The quantitative estimate of drug-likeness (QED) is 0.914. The van der Waals surface area contributed by atoms with Gasteiger partial charge in [-0.3, -0.25) is 4.98 Å². The Morgan fingerprint density at radius 1 is 1.16 bits per heavy atom. The van der Waals surface area contributed by atoms with Gasteiger partial charge in [0.1, 0.15) is 0 Å². The third-order valence-electron chi connectivity index (χ3n) is 3.86. The lowest BCUT2D eigenvalue weighted by Gasteiger charge is -2.29. The van der Waals surface area contributed by atoms with Crippen molar-refractivity contribution in [1.29, 1.82) is 0 Å². The fourth-order valence-corrected chi connectivity index (χ4v) is 2.95. The second-order valence-electron chi connectivity index (χ2n) is 4.96. The smallest absolute Gasteiger partial charge is 0.0544 e. The molecular weight excluding hydrogens is 234 g/mol. The normalized spacial score (nSPS) is 18.8. The minimum Gasteiger partial charge on any atom is -0.364 e. The van der Waals surface area contributed by atoms with Gasteiger partial charge < -0.3 is 10.6 Å². The molecule has 3 heteroatoms. The zero-order valence-electron chi connectivity index (χ0n) is 11.0. The van der Waals surface area contributed by atoms with Gasteiger partial charge in [0.2, 0.25) is 0 Å². The molecule has 1 fully saturated rings. The number of hydrogen-bond acceptors (Lipinski definition) is 3. The SMILES string of the molecule is NCc1ccccc1N1CCCC1c1ccncc1. The maximum absolute atomic E-state index is 5.87. The van der Waals surface area contributed by atoms with Crippen molar-refractivity contribution >= 4 is 5.69 Å². The molecule has 2 N–H and O–H groups in total. The summed E-state index contributed by atoms with van der Waals surface area (Å²) < 4.78 is 0. The molecule has 0 spiro atoms. The van der Waals surface area contributed by atoms with Crippen LogP contribution in [0.1, 0.15) is 30.0 Å². The Balaban J connectivity index is 1.95. The van der Waals surface area contributed by atoms with E-state index in [2.05, 4.69) is 46.3 Å². The number of anilines is 1. The van der Waals surface area contributed by atoms with Crippen LogP contribution in [-0.4, -0.2) is 11.5 Å². The Bertz CT molecular complexity index is 539. The van der Waals surface area contributed by atoms with Gasteiger partial charge in [-0.15, -0.1) is 0 Å². The summed E-state index contributed by atoms with van der Waals surface area (Å²) in [5, 5.41) is 0. The van der Waals surface area contributed by atoms with Crippen LogP contribution in [0.2, 0.25) is 0 Å². The van der Waals surface area contributed by atoms with Gasteiger partial charge in [0.25, 0.3) is 0 Å². The van der Waals surface area contributed by atoms with Gasteiger partial charge in [-0.1, -0.05) is 18.2 Å². The van der Waals surface area contributed by atoms with E-state index < -0.39 is 0 Å². The molecule has 1 aromatic carbocycles. The van der Waals surface area contributed by atoms with Crippen molar-refractivity contribution in [2.75, 3.05) is 11.4 Å².